The van der Waals surface area contributed by atoms with Crippen molar-refractivity contribution in [3.63, 3.8) is 0 Å². The Kier molecular flexibility index (Phi) is 10.6. The van der Waals surface area contributed by atoms with Crippen molar-refractivity contribution in [1.82, 2.24) is 0 Å². The molecule has 0 radical (unpaired) electrons. The quantitative estimate of drug-likeness (QED) is 0.108. The minimum atomic E-state index is -4.40. The maximum Gasteiger partial charge on any atom is 0.416 e. The lowest BCUT2D eigenvalue weighted by molar-refractivity contribution is -0.142. The van der Waals surface area contributed by atoms with E-state index < -0.39 is 17.7 Å². The fraction of sp³-hybridized carbons (Fsp3) is 0.441. The van der Waals surface area contributed by atoms with E-state index in [4.69, 9.17) is 4.74 Å². The Bertz CT molecular complexity index is 1290. The minimum absolute atomic E-state index is 0.00397. The normalized spacial score (nSPS) is 19.6. The Balaban J connectivity index is 1.72. The fourth-order valence-electron chi connectivity index (χ4n) is 5.92. The number of methoxy groups -OCH3 is 1. The molecule has 0 spiro atoms. The largest absolute Gasteiger partial charge is 0.469 e. The molecule has 0 amide bonds. The average molecular weight is 587 g/mol. The molecule has 2 nitrogen and oxygen atoms in total. The lowest BCUT2D eigenvalue weighted by atomic mass is 9.82. The second-order valence-electron chi connectivity index (χ2n) is 11.5. The molecule has 0 N–H and O–H groups in total. The molecule has 0 heterocycles. The van der Waals surface area contributed by atoms with Gasteiger partial charge in [-0.05, 0) is 83.2 Å². The minimum Gasteiger partial charge on any atom is -0.469 e. The van der Waals surface area contributed by atoms with Gasteiger partial charge < -0.3 is 4.74 Å². The van der Waals surface area contributed by atoms with Gasteiger partial charge in [-0.15, -0.1) is 0 Å². The summed E-state index contributed by atoms with van der Waals surface area (Å²) in [6, 6.07) is 17.9. The van der Waals surface area contributed by atoms with Crippen molar-refractivity contribution >= 4 is 25.2 Å². The summed E-state index contributed by atoms with van der Waals surface area (Å²) < 4.78 is 58.5. The third kappa shape index (κ3) is 8.41. The maximum absolute atomic E-state index is 13.9. The van der Waals surface area contributed by atoms with Gasteiger partial charge in [0, 0.05) is 5.92 Å². The lowest BCUT2D eigenvalue weighted by Gasteiger charge is -2.25. The summed E-state index contributed by atoms with van der Waals surface area (Å²) in [5.41, 5.74) is 2.20. The molecule has 3 aromatic rings. The highest BCUT2D eigenvalue weighted by molar-refractivity contribution is 7.55. The van der Waals surface area contributed by atoms with Gasteiger partial charge in [-0.2, -0.15) is 13.2 Å². The molecule has 4 rings (SSSR count). The predicted octanol–water partition coefficient (Wildman–Crippen LogP) is 8.88. The number of rotatable bonds is 9. The zero-order valence-electron chi connectivity index (χ0n) is 23.9. The van der Waals surface area contributed by atoms with Crippen LogP contribution in [-0.4, -0.2) is 13.1 Å². The number of alkyl halides is 3. The summed E-state index contributed by atoms with van der Waals surface area (Å²) in [6.07, 6.45) is 3.74. The van der Waals surface area contributed by atoms with Crippen molar-refractivity contribution in [1.29, 1.82) is 0 Å². The second kappa shape index (κ2) is 14.0. The van der Waals surface area contributed by atoms with Crippen LogP contribution in [0.5, 0.6) is 0 Å². The summed E-state index contributed by atoms with van der Waals surface area (Å²) in [7, 11) is 1.44. The maximum atomic E-state index is 13.9. The molecule has 1 aliphatic carbocycles. The molecule has 0 aromatic heterocycles. The Hall–Kier alpha value is -2.72. The van der Waals surface area contributed by atoms with E-state index in [-0.39, 0.29) is 26.3 Å². The van der Waals surface area contributed by atoms with Gasteiger partial charge in [0.05, 0.1) is 18.6 Å². The molecule has 0 bridgehead atoms. The summed E-state index contributed by atoms with van der Waals surface area (Å²) in [5, 5.41) is 1.75. The fourth-order valence-corrected chi connectivity index (χ4v) is 7.20. The summed E-state index contributed by atoms with van der Waals surface area (Å²) >= 11 is 0. The molecule has 41 heavy (non-hydrogen) atoms. The standard InChI is InChI=1S/C34H39F4O2P/c1-22-5-4-6-24(8-7-22)9-19-30(25-10-15-28(35)16-11-25)31-20-12-26(23(2)33(39)40-3)21-32(31)41-29-17-13-27(14-18-29)34(36,37)38/h10-18,20-24,30,41H,4-9,19H2,1-3H3. The van der Waals surface area contributed by atoms with E-state index in [9.17, 15) is 22.4 Å². The molecular weight excluding hydrogens is 547 g/mol. The van der Waals surface area contributed by atoms with Crippen molar-refractivity contribution in [3.05, 3.63) is 94.8 Å². The molecule has 5 unspecified atom stereocenters. The van der Waals surface area contributed by atoms with Gasteiger partial charge in [-0.1, -0.05) is 90.1 Å². The van der Waals surface area contributed by atoms with Crippen molar-refractivity contribution in [2.45, 2.75) is 76.8 Å². The van der Waals surface area contributed by atoms with E-state index in [2.05, 4.69) is 6.92 Å². The molecule has 1 aliphatic rings. The number of esters is 1. The summed E-state index contributed by atoms with van der Waals surface area (Å²) in [4.78, 5) is 12.4. The van der Waals surface area contributed by atoms with Crippen LogP contribution in [0.25, 0.3) is 0 Å². The average Bonchev–Trinajstić information content (AvgIpc) is 3.17. The van der Waals surface area contributed by atoms with Crippen LogP contribution >= 0.6 is 8.58 Å². The molecule has 0 aliphatic heterocycles. The first kappa shape index (κ1) is 31.2. The van der Waals surface area contributed by atoms with Gasteiger partial charge in [0.25, 0.3) is 0 Å². The first-order valence-electron chi connectivity index (χ1n) is 14.5. The Morgan fingerprint density at radius 1 is 0.951 bits per heavy atom. The molecule has 5 atom stereocenters. The molecule has 1 saturated carbocycles. The van der Waals surface area contributed by atoms with Crippen molar-refractivity contribution in [2.75, 3.05) is 7.11 Å². The molecule has 1 fully saturated rings. The number of carbonyl (C=O) groups is 1. The van der Waals surface area contributed by atoms with Crippen molar-refractivity contribution < 1.29 is 27.1 Å². The van der Waals surface area contributed by atoms with Crippen molar-refractivity contribution in [2.24, 2.45) is 11.8 Å². The highest BCUT2D eigenvalue weighted by Crippen LogP contribution is 2.37. The van der Waals surface area contributed by atoms with Crippen LogP contribution in [0.3, 0.4) is 0 Å². The zero-order valence-corrected chi connectivity index (χ0v) is 24.9. The first-order valence-corrected chi connectivity index (χ1v) is 15.5. The number of ether oxygens (including phenoxy) is 1. The van der Waals surface area contributed by atoms with Gasteiger partial charge in [-0.25, -0.2) is 4.39 Å². The van der Waals surface area contributed by atoms with E-state index in [0.717, 1.165) is 58.2 Å². The van der Waals surface area contributed by atoms with E-state index >= 15 is 0 Å². The van der Waals surface area contributed by atoms with Crippen LogP contribution in [0.4, 0.5) is 17.6 Å². The van der Waals surface area contributed by atoms with Gasteiger partial charge in [0.15, 0.2) is 0 Å². The smallest absolute Gasteiger partial charge is 0.416 e. The Morgan fingerprint density at radius 3 is 2.29 bits per heavy atom. The third-order valence-electron chi connectivity index (χ3n) is 8.51. The number of hydrogen-bond donors (Lipinski definition) is 0. The summed E-state index contributed by atoms with van der Waals surface area (Å²) in [5.74, 6) is 0.271. The first-order chi connectivity index (χ1) is 19.5. The number of hydrogen-bond acceptors (Lipinski definition) is 2. The van der Waals surface area contributed by atoms with E-state index in [0.29, 0.717) is 5.92 Å². The molecular formula is C34H39F4O2P. The van der Waals surface area contributed by atoms with E-state index in [1.165, 1.54) is 63.5 Å². The molecule has 7 heteroatoms. The van der Waals surface area contributed by atoms with Gasteiger partial charge in [-0.3, -0.25) is 4.79 Å². The highest BCUT2D eigenvalue weighted by Gasteiger charge is 2.30. The highest BCUT2D eigenvalue weighted by atomic mass is 31.1. The van der Waals surface area contributed by atoms with Crippen LogP contribution in [0.1, 0.15) is 92.9 Å². The van der Waals surface area contributed by atoms with E-state index in [1.807, 2.05) is 30.3 Å². The molecule has 220 valence electrons. The third-order valence-corrected chi connectivity index (χ3v) is 9.84. The van der Waals surface area contributed by atoms with Crippen LogP contribution in [0.2, 0.25) is 0 Å². The predicted molar refractivity (Wildman–Crippen MR) is 159 cm³/mol. The number of carbonyl (C=O) groups excluding carboxylic acids is 1. The molecule has 0 saturated heterocycles. The summed E-state index contributed by atoms with van der Waals surface area (Å²) in [6.45, 7) is 4.12. The van der Waals surface area contributed by atoms with Crippen molar-refractivity contribution in [3.8, 4) is 0 Å². The Morgan fingerprint density at radius 2 is 1.63 bits per heavy atom. The van der Waals surface area contributed by atoms with Crippen LogP contribution in [0, 0.1) is 17.7 Å². The topological polar surface area (TPSA) is 26.3 Å². The lowest BCUT2D eigenvalue weighted by Crippen LogP contribution is -2.19. The van der Waals surface area contributed by atoms with Crippen LogP contribution < -0.4 is 10.6 Å². The van der Waals surface area contributed by atoms with E-state index in [1.54, 1.807) is 6.92 Å². The van der Waals surface area contributed by atoms with Gasteiger partial charge >= 0.3 is 12.1 Å². The SMILES string of the molecule is COC(=O)C(C)c1ccc(C(CCC2CCCC(C)CC2)c2ccc(F)cc2)c(Pc2ccc(C(F)(F)F)cc2)c1. The van der Waals surface area contributed by atoms with Crippen LogP contribution in [0.15, 0.2) is 66.7 Å². The Labute approximate surface area is 242 Å². The number of benzene rings is 3. The van der Waals surface area contributed by atoms with Crippen LogP contribution in [-0.2, 0) is 15.7 Å². The number of halogens is 4. The van der Waals surface area contributed by atoms with Gasteiger partial charge in [0.1, 0.15) is 5.82 Å². The monoisotopic (exact) mass is 586 g/mol. The van der Waals surface area contributed by atoms with Gasteiger partial charge in [0.2, 0.25) is 0 Å². The zero-order chi connectivity index (χ0) is 29.6. The molecule has 3 aromatic carbocycles. The second-order valence-corrected chi connectivity index (χ2v) is 12.8.